The van der Waals surface area contributed by atoms with E-state index in [1.165, 1.54) is 0 Å². The SMILES string of the molecule is CCN(CC)C(=O)N[C@H](C(=O)NC(C)C)c1ccccc1. The third-order valence-corrected chi connectivity index (χ3v) is 3.14. The number of hydrogen-bond donors (Lipinski definition) is 2. The lowest BCUT2D eigenvalue weighted by Gasteiger charge is -2.25. The summed E-state index contributed by atoms with van der Waals surface area (Å²) in [6, 6.07) is 8.39. The molecule has 0 aliphatic heterocycles. The number of carbonyl (C=O) groups excluding carboxylic acids is 2. The minimum atomic E-state index is -0.679. The van der Waals surface area contributed by atoms with E-state index in [1.54, 1.807) is 4.90 Å². The van der Waals surface area contributed by atoms with Crippen molar-refractivity contribution in [1.82, 2.24) is 15.5 Å². The van der Waals surface area contributed by atoms with Gasteiger partial charge < -0.3 is 15.5 Å². The molecule has 1 aromatic rings. The van der Waals surface area contributed by atoms with Crippen molar-refractivity contribution in [3.8, 4) is 0 Å². The molecular weight excluding hydrogens is 266 g/mol. The molecule has 0 aliphatic rings. The number of benzene rings is 1. The highest BCUT2D eigenvalue weighted by Crippen LogP contribution is 2.13. The van der Waals surface area contributed by atoms with Crippen molar-refractivity contribution >= 4 is 11.9 Å². The first kappa shape index (κ1) is 17.0. The second kappa shape index (κ2) is 8.29. The maximum atomic E-state index is 12.3. The van der Waals surface area contributed by atoms with Gasteiger partial charge in [-0.2, -0.15) is 0 Å². The summed E-state index contributed by atoms with van der Waals surface area (Å²) in [6.45, 7) is 8.83. The van der Waals surface area contributed by atoms with Crippen LogP contribution < -0.4 is 10.6 Å². The number of carbonyl (C=O) groups is 2. The van der Waals surface area contributed by atoms with Crippen LogP contribution in [0.15, 0.2) is 30.3 Å². The van der Waals surface area contributed by atoms with Crippen molar-refractivity contribution in [3.63, 3.8) is 0 Å². The van der Waals surface area contributed by atoms with Crippen LogP contribution in [-0.4, -0.2) is 36.0 Å². The molecule has 0 saturated carbocycles. The molecule has 0 bridgehead atoms. The molecule has 21 heavy (non-hydrogen) atoms. The minimum absolute atomic E-state index is 0.0223. The zero-order valence-electron chi connectivity index (χ0n) is 13.2. The van der Waals surface area contributed by atoms with Crippen LogP contribution in [0.3, 0.4) is 0 Å². The number of hydrogen-bond acceptors (Lipinski definition) is 2. The average Bonchev–Trinajstić information content (AvgIpc) is 2.46. The predicted octanol–water partition coefficient (Wildman–Crippen LogP) is 2.30. The fourth-order valence-corrected chi connectivity index (χ4v) is 2.04. The molecule has 5 heteroatoms. The van der Waals surface area contributed by atoms with Crippen LogP contribution in [0, 0.1) is 0 Å². The van der Waals surface area contributed by atoms with Crippen LogP contribution in [-0.2, 0) is 4.79 Å². The van der Waals surface area contributed by atoms with E-state index in [4.69, 9.17) is 0 Å². The third-order valence-electron chi connectivity index (χ3n) is 3.14. The Kier molecular flexibility index (Phi) is 6.72. The van der Waals surface area contributed by atoms with Gasteiger partial charge in [-0.3, -0.25) is 4.79 Å². The zero-order valence-corrected chi connectivity index (χ0v) is 13.2. The van der Waals surface area contributed by atoms with E-state index >= 15 is 0 Å². The summed E-state index contributed by atoms with van der Waals surface area (Å²) in [5.41, 5.74) is 0.774. The van der Waals surface area contributed by atoms with Crippen LogP contribution in [0.5, 0.6) is 0 Å². The first-order valence-corrected chi connectivity index (χ1v) is 7.40. The molecule has 0 spiro atoms. The molecule has 116 valence electrons. The van der Waals surface area contributed by atoms with Gasteiger partial charge in [-0.15, -0.1) is 0 Å². The molecule has 0 aromatic heterocycles. The van der Waals surface area contributed by atoms with E-state index in [1.807, 2.05) is 58.0 Å². The topological polar surface area (TPSA) is 61.4 Å². The molecular formula is C16H25N3O2. The highest BCUT2D eigenvalue weighted by atomic mass is 16.2. The van der Waals surface area contributed by atoms with Gasteiger partial charge in [0, 0.05) is 19.1 Å². The summed E-state index contributed by atoms with van der Waals surface area (Å²) >= 11 is 0. The molecule has 0 fully saturated rings. The number of rotatable bonds is 6. The fraction of sp³-hybridized carbons (Fsp3) is 0.500. The van der Waals surface area contributed by atoms with Crippen LogP contribution in [0.2, 0.25) is 0 Å². The van der Waals surface area contributed by atoms with Crippen molar-refractivity contribution in [3.05, 3.63) is 35.9 Å². The van der Waals surface area contributed by atoms with Crippen molar-refractivity contribution in [2.45, 2.75) is 39.8 Å². The van der Waals surface area contributed by atoms with Crippen LogP contribution in [0.25, 0.3) is 0 Å². The van der Waals surface area contributed by atoms with E-state index < -0.39 is 6.04 Å². The number of amides is 3. The van der Waals surface area contributed by atoms with Gasteiger partial charge in [0.25, 0.3) is 0 Å². The quantitative estimate of drug-likeness (QED) is 0.845. The van der Waals surface area contributed by atoms with E-state index in [0.717, 1.165) is 5.56 Å². The average molecular weight is 291 g/mol. The van der Waals surface area contributed by atoms with Gasteiger partial charge in [0.1, 0.15) is 6.04 Å². The van der Waals surface area contributed by atoms with Crippen LogP contribution in [0.4, 0.5) is 4.79 Å². The number of nitrogens with one attached hydrogen (secondary N) is 2. The van der Waals surface area contributed by atoms with E-state index in [2.05, 4.69) is 10.6 Å². The molecule has 2 N–H and O–H groups in total. The van der Waals surface area contributed by atoms with Crippen molar-refractivity contribution in [2.75, 3.05) is 13.1 Å². The molecule has 5 nitrogen and oxygen atoms in total. The summed E-state index contributed by atoms with van der Waals surface area (Å²) in [7, 11) is 0. The largest absolute Gasteiger partial charge is 0.352 e. The Labute approximate surface area is 126 Å². The second-order valence-electron chi connectivity index (χ2n) is 5.13. The van der Waals surface area contributed by atoms with Crippen LogP contribution >= 0.6 is 0 Å². The van der Waals surface area contributed by atoms with E-state index in [9.17, 15) is 9.59 Å². The lowest BCUT2D eigenvalue weighted by molar-refractivity contribution is -0.123. The standard InChI is InChI=1S/C16H25N3O2/c1-5-19(6-2)16(21)18-14(15(20)17-12(3)4)13-10-8-7-9-11-13/h7-12,14H,5-6H2,1-4H3,(H,17,20)(H,18,21)/t14-/m0/s1. The molecule has 0 radical (unpaired) electrons. The Morgan fingerprint density at radius 2 is 1.62 bits per heavy atom. The summed E-state index contributed by atoms with van der Waals surface area (Å²) in [5, 5.41) is 5.66. The van der Waals surface area contributed by atoms with Gasteiger partial charge in [0.05, 0.1) is 0 Å². The molecule has 0 aliphatic carbocycles. The fourth-order valence-electron chi connectivity index (χ4n) is 2.04. The molecule has 1 rings (SSSR count). The first-order chi connectivity index (χ1) is 9.99. The van der Waals surface area contributed by atoms with E-state index in [0.29, 0.717) is 13.1 Å². The Morgan fingerprint density at radius 3 is 2.10 bits per heavy atom. The van der Waals surface area contributed by atoms with Crippen molar-refractivity contribution in [2.24, 2.45) is 0 Å². The summed E-state index contributed by atoms with van der Waals surface area (Å²) < 4.78 is 0. The normalized spacial score (nSPS) is 11.9. The van der Waals surface area contributed by atoms with E-state index in [-0.39, 0.29) is 18.0 Å². The maximum Gasteiger partial charge on any atom is 0.318 e. The Bertz CT molecular complexity index is 456. The Hall–Kier alpha value is -2.04. The van der Waals surface area contributed by atoms with Crippen LogP contribution in [0.1, 0.15) is 39.3 Å². The summed E-state index contributed by atoms with van der Waals surface area (Å²) in [6.07, 6.45) is 0. The highest BCUT2D eigenvalue weighted by molar-refractivity contribution is 5.88. The summed E-state index contributed by atoms with van der Waals surface area (Å²) in [4.78, 5) is 26.2. The highest BCUT2D eigenvalue weighted by Gasteiger charge is 2.24. The molecule has 1 atom stereocenters. The molecule has 0 heterocycles. The monoisotopic (exact) mass is 291 g/mol. The molecule has 0 unspecified atom stereocenters. The smallest absolute Gasteiger partial charge is 0.318 e. The van der Waals surface area contributed by atoms with Gasteiger partial charge in [-0.1, -0.05) is 30.3 Å². The third kappa shape index (κ3) is 5.10. The van der Waals surface area contributed by atoms with Gasteiger partial charge in [-0.25, -0.2) is 4.79 Å². The lowest BCUT2D eigenvalue weighted by atomic mass is 10.1. The van der Waals surface area contributed by atoms with Gasteiger partial charge in [-0.05, 0) is 33.3 Å². The minimum Gasteiger partial charge on any atom is -0.352 e. The number of nitrogens with zero attached hydrogens (tertiary/aromatic N) is 1. The Balaban J connectivity index is 2.92. The van der Waals surface area contributed by atoms with Gasteiger partial charge in [0.2, 0.25) is 5.91 Å². The predicted molar refractivity (Wildman–Crippen MR) is 83.9 cm³/mol. The molecule has 1 aromatic carbocycles. The lowest BCUT2D eigenvalue weighted by Crippen LogP contribution is -2.47. The van der Waals surface area contributed by atoms with Crippen molar-refractivity contribution in [1.29, 1.82) is 0 Å². The Morgan fingerprint density at radius 1 is 1.05 bits per heavy atom. The van der Waals surface area contributed by atoms with Crippen molar-refractivity contribution < 1.29 is 9.59 Å². The first-order valence-electron chi connectivity index (χ1n) is 7.40. The second-order valence-corrected chi connectivity index (χ2v) is 5.13. The summed E-state index contributed by atoms with van der Waals surface area (Å²) in [5.74, 6) is -0.197. The zero-order chi connectivity index (χ0) is 15.8. The molecule has 0 saturated heterocycles. The molecule has 3 amide bonds. The van der Waals surface area contributed by atoms with Gasteiger partial charge >= 0.3 is 6.03 Å². The maximum absolute atomic E-state index is 12.3. The number of urea groups is 1. The van der Waals surface area contributed by atoms with Gasteiger partial charge in [0.15, 0.2) is 0 Å².